The summed E-state index contributed by atoms with van der Waals surface area (Å²) in [5, 5.41) is 0. The molecular formula is C14H17N3O3. The predicted octanol–water partition coefficient (Wildman–Crippen LogP) is 1.79. The molecule has 2 aromatic rings. The summed E-state index contributed by atoms with van der Waals surface area (Å²) in [6, 6.07) is 9.37. The summed E-state index contributed by atoms with van der Waals surface area (Å²) in [4.78, 5) is 8.20. The summed E-state index contributed by atoms with van der Waals surface area (Å²) < 4.78 is 15.7. The molecule has 2 N–H and O–H groups in total. The molecule has 6 nitrogen and oxygen atoms in total. The number of methoxy groups -OCH3 is 2. The second kappa shape index (κ2) is 6.72. The molecule has 6 heteroatoms. The minimum atomic E-state index is 0.174. The largest absolute Gasteiger partial charge is 0.481 e. The van der Waals surface area contributed by atoms with E-state index < -0.39 is 0 Å². The number of hydrogen-bond donors (Lipinski definition) is 1. The lowest BCUT2D eigenvalue weighted by Gasteiger charge is -2.08. The smallest absolute Gasteiger partial charge is 0.328 e. The molecule has 0 aliphatic carbocycles. The first-order valence-electron chi connectivity index (χ1n) is 6.19. The van der Waals surface area contributed by atoms with Crippen molar-refractivity contribution in [1.29, 1.82) is 0 Å². The van der Waals surface area contributed by atoms with Crippen molar-refractivity contribution in [2.24, 2.45) is 5.73 Å². The highest BCUT2D eigenvalue weighted by atomic mass is 16.5. The third-order valence-electron chi connectivity index (χ3n) is 2.64. The number of nitrogens with two attached hydrogens (primary N) is 1. The number of benzene rings is 1. The Morgan fingerprint density at radius 2 is 1.60 bits per heavy atom. The van der Waals surface area contributed by atoms with Gasteiger partial charge in [0.05, 0.1) is 20.3 Å². The van der Waals surface area contributed by atoms with E-state index in [1.54, 1.807) is 6.07 Å². The summed E-state index contributed by atoms with van der Waals surface area (Å²) in [5.74, 6) is 1.40. The van der Waals surface area contributed by atoms with Gasteiger partial charge < -0.3 is 19.9 Å². The van der Waals surface area contributed by atoms with Gasteiger partial charge in [0.1, 0.15) is 5.75 Å². The highest BCUT2D eigenvalue weighted by molar-refractivity contribution is 5.31. The second-order valence-corrected chi connectivity index (χ2v) is 4.02. The molecule has 0 unspecified atom stereocenters. The zero-order valence-electron chi connectivity index (χ0n) is 11.5. The molecule has 1 aromatic heterocycles. The van der Waals surface area contributed by atoms with Crippen molar-refractivity contribution in [1.82, 2.24) is 9.97 Å². The normalized spacial score (nSPS) is 10.2. The van der Waals surface area contributed by atoms with E-state index in [-0.39, 0.29) is 6.01 Å². The van der Waals surface area contributed by atoms with Crippen LogP contribution in [-0.4, -0.2) is 30.7 Å². The van der Waals surface area contributed by atoms with Crippen molar-refractivity contribution < 1.29 is 14.2 Å². The fourth-order valence-electron chi connectivity index (χ4n) is 1.63. The molecule has 2 rings (SSSR count). The molecular weight excluding hydrogens is 258 g/mol. The molecule has 1 heterocycles. The molecule has 0 bridgehead atoms. The van der Waals surface area contributed by atoms with Crippen LogP contribution in [0.1, 0.15) is 5.56 Å². The average Bonchev–Trinajstić information content (AvgIpc) is 2.49. The lowest BCUT2D eigenvalue weighted by atomic mass is 10.1. The van der Waals surface area contributed by atoms with Crippen LogP contribution in [0.4, 0.5) is 0 Å². The van der Waals surface area contributed by atoms with Crippen LogP contribution in [0.5, 0.6) is 23.5 Å². The van der Waals surface area contributed by atoms with Gasteiger partial charge in [-0.05, 0) is 30.7 Å². The summed E-state index contributed by atoms with van der Waals surface area (Å²) in [6.45, 7) is 0.621. The van der Waals surface area contributed by atoms with Crippen LogP contribution in [0, 0.1) is 0 Å². The lowest BCUT2D eigenvalue weighted by molar-refractivity contribution is 0.348. The van der Waals surface area contributed by atoms with Gasteiger partial charge in [-0.15, -0.1) is 0 Å². The lowest BCUT2D eigenvalue weighted by Crippen LogP contribution is -2.02. The maximum atomic E-state index is 5.58. The van der Waals surface area contributed by atoms with Crippen LogP contribution >= 0.6 is 0 Å². The molecule has 0 aliphatic heterocycles. The summed E-state index contributed by atoms with van der Waals surface area (Å²) in [5.41, 5.74) is 6.66. The van der Waals surface area contributed by atoms with Gasteiger partial charge in [-0.1, -0.05) is 12.1 Å². The molecule has 106 valence electrons. The van der Waals surface area contributed by atoms with Gasteiger partial charge >= 0.3 is 6.01 Å². The van der Waals surface area contributed by atoms with E-state index in [9.17, 15) is 0 Å². The summed E-state index contributed by atoms with van der Waals surface area (Å²) in [7, 11) is 3.04. The first-order chi connectivity index (χ1) is 9.75. The number of nitrogens with zero attached hydrogens (tertiary/aromatic N) is 2. The Morgan fingerprint density at radius 1 is 1.00 bits per heavy atom. The van der Waals surface area contributed by atoms with Gasteiger partial charge in [-0.2, -0.15) is 9.97 Å². The van der Waals surface area contributed by atoms with Crippen molar-refractivity contribution in [2.45, 2.75) is 6.42 Å². The minimum absolute atomic E-state index is 0.174. The molecule has 0 saturated carbocycles. The molecule has 20 heavy (non-hydrogen) atoms. The van der Waals surface area contributed by atoms with E-state index in [1.807, 2.05) is 24.3 Å². The van der Waals surface area contributed by atoms with E-state index >= 15 is 0 Å². The Bertz CT molecular complexity index is 536. The molecule has 0 fully saturated rings. The molecule has 1 aromatic carbocycles. The van der Waals surface area contributed by atoms with Gasteiger partial charge in [0.15, 0.2) is 0 Å². The van der Waals surface area contributed by atoms with E-state index in [1.165, 1.54) is 14.2 Å². The van der Waals surface area contributed by atoms with Gasteiger partial charge in [0.25, 0.3) is 0 Å². The zero-order chi connectivity index (χ0) is 14.4. The maximum absolute atomic E-state index is 5.58. The van der Waals surface area contributed by atoms with Gasteiger partial charge in [-0.3, -0.25) is 0 Å². The average molecular weight is 275 g/mol. The van der Waals surface area contributed by atoms with Crippen molar-refractivity contribution >= 4 is 0 Å². The first kappa shape index (κ1) is 14.1. The van der Waals surface area contributed by atoms with Crippen LogP contribution in [-0.2, 0) is 6.42 Å². The number of ether oxygens (including phenoxy) is 3. The SMILES string of the molecule is COc1cc(OC)nc(Oc2ccc(CCN)cc2)n1. The van der Waals surface area contributed by atoms with Crippen molar-refractivity contribution in [2.75, 3.05) is 20.8 Å². The third-order valence-corrected chi connectivity index (χ3v) is 2.64. The first-order valence-corrected chi connectivity index (χ1v) is 6.19. The van der Waals surface area contributed by atoms with Gasteiger partial charge in [0, 0.05) is 0 Å². The quantitative estimate of drug-likeness (QED) is 0.865. The van der Waals surface area contributed by atoms with E-state index in [4.69, 9.17) is 19.9 Å². The molecule has 0 saturated heterocycles. The van der Waals surface area contributed by atoms with Crippen LogP contribution < -0.4 is 19.9 Å². The molecule has 0 radical (unpaired) electrons. The standard InChI is InChI=1S/C14H17N3O3/c1-18-12-9-13(19-2)17-14(16-12)20-11-5-3-10(4-6-11)7-8-15/h3-6,9H,7-8,15H2,1-2H3. The number of hydrogen-bond acceptors (Lipinski definition) is 6. The molecule has 0 atom stereocenters. The predicted molar refractivity (Wildman–Crippen MR) is 74.4 cm³/mol. The van der Waals surface area contributed by atoms with Gasteiger partial charge in [0.2, 0.25) is 11.8 Å². The van der Waals surface area contributed by atoms with Crippen molar-refractivity contribution in [3.63, 3.8) is 0 Å². The third kappa shape index (κ3) is 3.58. The Labute approximate surface area is 117 Å². The van der Waals surface area contributed by atoms with Crippen LogP contribution in [0.15, 0.2) is 30.3 Å². The summed E-state index contributed by atoms with van der Waals surface area (Å²) >= 11 is 0. The maximum Gasteiger partial charge on any atom is 0.328 e. The Balaban J connectivity index is 2.16. The molecule has 0 aliphatic rings. The van der Waals surface area contributed by atoms with Crippen LogP contribution in [0.2, 0.25) is 0 Å². The van der Waals surface area contributed by atoms with Gasteiger partial charge in [-0.25, -0.2) is 0 Å². The molecule has 0 spiro atoms. The Hall–Kier alpha value is -2.34. The highest BCUT2D eigenvalue weighted by Crippen LogP contribution is 2.23. The minimum Gasteiger partial charge on any atom is -0.481 e. The Morgan fingerprint density at radius 3 is 2.10 bits per heavy atom. The fraction of sp³-hybridized carbons (Fsp3) is 0.286. The monoisotopic (exact) mass is 275 g/mol. The van der Waals surface area contributed by atoms with Crippen LogP contribution in [0.25, 0.3) is 0 Å². The van der Waals surface area contributed by atoms with Crippen LogP contribution in [0.3, 0.4) is 0 Å². The zero-order valence-corrected chi connectivity index (χ0v) is 11.5. The summed E-state index contributed by atoms with van der Waals surface area (Å²) in [6.07, 6.45) is 0.837. The van der Waals surface area contributed by atoms with Crippen molar-refractivity contribution in [3.05, 3.63) is 35.9 Å². The number of aromatic nitrogens is 2. The fourth-order valence-corrected chi connectivity index (χ4v) is 1.63. The number of rotatable bonds is 6. The topological polar surface area (TPSA) is 79.5 Å². The molecule has 0 amide bonds. The Kier molecular flexibility index (Phi) is 4.73. The van der Waals surface area contributed by atoms with E-state index in [0.717, 1.165) is 12.0 Å². The second-order valence-electron chi connectivity index (χ2n) is 4.02. The van der Waals surface area contributed by atoms with E-state index in [0.29, 0.717) is 24.1 Å². The highest BCUT2D eigenvalue weighted by Gasteiger charge is 2.07. The van der Waals surface area contributed by atoms with Crippen molar-refractivity contribution in [3.8, 4) is 23.5 Å². The van der Waals surface area contributed by atoms with E-state index in [2.05, 4.69) is 9.97 Å².